The second kappa shape index (κ2) is 5.98. The number of benzene rings is 1. The lowest BCUT2D eigenvalue weighted by Crippen LogP contribution is -2.38. The fourth-order valence-electron chi connectivity index (χ4n) is 3.68. The maximum Gasteiger partial charge on any atom is 0.330 e. The maximum absolute atomic E-state index is 13.0. The van der Waals surface area contributed by atoms with E-state index in [0.717, 1.165) is 44.1 Å². The Labute approximate surface area is 143 Å². The van der Waals surface area contributed by atoms with Crippen LogP contribution in [0.3, 0.4) is 0 Å². The Balaban J connectivity index is 1.97. The third-order valence-corrected chi connectivity index (χ3v) is 5.11. The number of anilines is 1. The highest BCUT2D eigenvalue weighted by molar-refractivity contribution is 5.86. The van der Waals surface area contributed by atoms with Crippen molar-refractivity contribution in [1.29, 1.82) is 0 Å². The average Bonchev–Trinajstić information content (AvgIpc) is 2.84. The summed E-state index contributed by atoms with van der Waals surface area (Å²) in [5.74, 6) is 0. The van der Waals surface area contributed by atoms with Crippen molar-refractivity contribution in [3.05, 3.63) is 38.5 Å². The van der Waals surface area contributed by atoms with Crippen LogP contribution in [0.2, 0.25) is 0 Å². The van der Waals surface area contributed by atoms with Crippen LogP contribution < -0.4 is 17.0 Å². The van der Waals surface area contributed by atoms with Gasteiger partial charge in [0.25, 0.3) is 5.56 Å². The maximum atomic E-state index is 13.0. The summed E-state index contributed by atoms with van der Waals surface area (Å²) < 4.78 is 1.35. The van der Waals surface area contributed by atoms with Gasteiger partial charge in [0.1, 0.15) is 0 Å². The van der Waals surface area contributed by atoms with Gasteiger partial charge in [-0.05, 0) is 37.5 Å². The number of aryl methyl sites for hydroxylation is 1. The second-order valence-electron chi connectivity index (χ2n) is 6.87. The van der Waals surface area contributed by atoms with Crippen molar-refractivity contribution >= 4 is 27.9 Å². The Morgan fingerprint density at radius 1 is 1.08 bits per heavy atom. The molecule has 1 fully saturated rings. The van der Waals surface area contributed by atoms with Crippen molar-refractivity contribution in [2.75, 3.05) is 5.73 Å². The van der Waals surface area contributed by atoms with Crippen LogP contribution in [0.4, 0.5) is 5.69 Å². The van der Waals surface area contributed by atoms with E-state index >= 15 is 0 Å². The number of hydrogen-bond acceptors (Lipinski definition) is 5. The topological polar surface area (TPSA) is 107 Å². The predicted molar refractivity (Wildman–Crippen MR) is 97.8 cm³/mol. The minimum absolute atomic E-state index is 0.0613. The first kappa shape index (κ1) is 15.8. The molecule has 0 radical (unpaired) electrons. The van der Waals surface area contributed by atoms with Gasteiger partial charge in [-0.2, -0.15) is 0 Å². The lowest BCUT2D eigenvalue weighted by Gasteiger charge is -2.16. The van der Waals surface area contributed by atoms with Crippen LogP contribution in [-0.2, 0) is 0 Å². The van der Waals surface area contributed by atoms with Crippen LogP contribution >= 0.6 is 0 Å². The van der Waals surface area contributed by atoms with Crippen molar-refractivity contribution in [3.63, 3.8) is 0 Å². The molecule has 0 aliphatic heterocycles. The van der Waals surface area contributed by atoms with Crippen molar-refractivity contribution in [2.24, 2.45) is 0 Å². The molecule has 0 spiro atoms. The molecular weight excluding hydrogens is 318 g/mol. The van der Waals surface area contributed by atoms with Crippen LogP contribution in [-0.4, -0.2) is 19.5 Å². The SMILES string of the molecule is Cc1cc2nc3c(=O)n(C4CCCCCC4)c(=O)[nH]c3nc2cc1N. The Morgan fingerprint density at radius 3 is 2.48 bits per heavy atom. The fourth-order valence-corrected chi connectivity index (χ4v) is 3.68. The Bertz CT molecular complexity index is 1070. The summed E-state index contributed by atoms with van der Waals surface area (Å²) >= 11 is 0. The molecule has 0 unspecified atom stereocenters. The molecule has 1 saturated carbocycles. The van der Waals surface area contributed by atoms with Crippen LogP contribution in [0.25, 0.3) is 22.2 Å². The van der Waals surface area contributed by atoms with E-state index < -0.39 is 5.69 Å². The quantitative estimate of drug-likeness (QED) is 0.402. The molecule has 3 aromatic rings. The third-order valence-electron chi connectivity index (χ3n) is 5.11. The summed E-state index contributed by atoms with van der Waals surface area (Å²) in [7, 11) is 0. The molecule has 7 nitrogen and oxygen atoms in total. The van der Waals surface area contributed by atoms with Gasteiger partial charge in [-0.25, -0.2) is 14.8 Å². The molecule has 1 aromatic carbocycles. The minimum atomic E-state index is -0.405. The summed E-state index contributed by atoms with van der Waals surface area (Å²) in [6.45, 7) is 1.89. The lowest BCUT2D eigenvalue weighted by molar-refractivity contribution is 0.418. The molecule has 2 heterocycles. The van der Waals surface area contributed by atoms with Crippen LogP contribution in [0.5, 0.6) is 0 Å². The Kier molecular flexibility index (Phi) is 3.78. The number of hydrogen-bond donors (Lipinski definition) is 2. The van der Waals surface area contributed by atoms with E-state index in [1.54, 1.807) is 6.07 Å². The number of rotatable bonds is 1. The summed E-state index contributed by atoms with van der Waals surface area (Å²) in [5.41, 5.74) is 8.26. The van der Waals surface area contributed by atoms with Crippen molar-refractivity contribution in [3.8, 4) is 0 Å². The van der Waals surface area contributed by atoms with E-state index in [9.17, 15) is 9.59 Å². The van der Waals surface area contributed by atoms with E-state index in [1.165, 1.54) is 4.57 Å². The molecule has 2 aromatic heterocycles. The molecule has 0 atom stereocenters. The van der Waals surface area contributed by atoms with Gasteiger partial charge in [0.2, 0.25) is 0 Å². The molecule has 0 bridgehead atoms. The van der Waals surface area contributed by atoms with E-state index in [-0.39, 0.29) is 22.8 Å². The second-order valence-corrected chi connectivity index (χ2v) is 6.87. The van der Waals surface area contributed by atoms with Gasteiger partial charge in [-0.15, -0.1) is 0 Å². The van der Waals surface area contributed by atoms with Gasteiger partial charge in [-0.3, -0.25) is 14.3 Å². The molecule has 4 rings (SSSR count). The number of nitrogens with zero attached hydrogens (tertiary/aromatic N) is 3. The first-order chi connectivity index (χ1) is 12.0. The standard InChI is InChI=1S/C18H21N5O2/c1-10-8-13-14(9-12(10)19)21-16-15(20-13)17(24)23(18(25)22-16)11-6-4-2-3-5-7-11/h8-9,11H,2-7,19H2,1H3,(H,21,22,25). The number of fused-ring (bicyclic) bond motifs is 2. The van der Waals surface area contributed by atoms with Gasteiger partial charge in [0.05, 0.1) is 11.0 Å². The molecule has 1 aliphatic carbocycles. The zero-order chi connectivity index (χ0) is 17.6. The summed E-state index contributed by atoms with van der Waals surface area (Å²) in [6.07, 6.45) is 6.09. The van der Waals surface area contributed by atoms with Gasteiger partial charge < -0.3 is 5.73 Å². The van der Waals surface area contributed by atoms with Gasteiger partial charge in [-0.1, -0.05) is 25.7 Å². The summed E-state index contributed by atoms with van der Waals surface area (Å²) in [5, 5.41) is 0. The number of nitrogens with two attached hydrogens (primary N) is 1. The Morgan fingerprint density at radius 2 is 1.76 bits per heavy atom. The van der Waals surface area contributed by atoms with Crippen LogP contribution in [0.15, 0.2) is 21.7 Å². The molecule has 0 saturated heterocycles. The highest BCUT2D eigenvalue weighted by Gasteiger charge is 2.20. The molecule has 1 aliphatic rings. The minimum Gasteiger partial charge on any atom is -0.398 e. The lowest BCUT2D eigenvalue weighted by atomic mass is 10.1. The van der Waals surface area contributed by atoms with Crippen molar-refractivity contribution < 1.29 is 0 Å². The smallest absolute Gasteiger partial charge is 0.330 e. The largest absolute Gasteiger partial charge is 0.398 e. The van der Waals surface area contributed by atoms with Crippen LogP contribution in [0.1, 0.15) is 50.1 Å². The number of nitrogen functional groups attached to an aromatic ring is 1. The van der Waals surface area contributed by atoms with E-state index in [0.29, 0.717) is 16.7 Å². The molecule has 25 heavy (non-hydrogen) atoms. The monoisotopic (exact) mass is 339 g/mol. The number of H-pyrrole nitrogens is 1. The third kappa shape index (κ3) is 2.69. The van der Waals surface area contributed by atoms with Crippen LogP contribution in [0, 0.1) is 6.92 Å². The average molecular weight is 339 g/mol. The highest BCUT2D eigenvalue weighted by Crippen LogP contribution is 2.25. The first-order valence-electron chi connectivity index (χ1n) is 8.77. The van der Waals surface area contributed by atoms with E-state index in [1.807, 2.05) is 13.0 Å². The van der Waals surface area contributed by atoms with Gasteiger partial charge in [0.15, 0.2) is 11.2 Å². The first-order valence-corrected chi connectivity index (χ1v) is 8.77. The van der Waals surface area contributed by atoms with Gasteiger partial charge >= 0.3 is 5.69 Å². The van der Waals surface area contributed by atoms with E-state index in [4.69, 9.17) is 5.73 Å². The zero-order valence-corrected chi connectivity index (χ0v) is 14.2. The normalized spacial score (nSPS) is 16.4. The van der Waals surface area contributed by atoms with Gasteiger partial charge in [0, 0.05) is 11.7 Å². The number of aromatic amines is 1. The molecular formula is C18H21N5O2. The zero-order valence-electron chi connectivity index (χ0n) is 14.2. The molecule has 130 valence electrons. The van der Waals surface area contributed by atoms with Crippen molar-refractivity contribution in [1.82, 2.24) is 19.5 Å². The van der Waals surface area contributed by atoms with Crippen molar-refractivity contribution in [2.45, 2.75) is 51.5 Å². The Hall–Kier alpha value is -2.70. The predicted octanol–water partition coefficient (Wildman–Crippen LogP) is 2.42. The van der Waals surface area contributed by atoms with E-state index in [2.05, 4.69) is 15.0 Å². The summed E-state index contributed by atoms with van der Waals surface area (Å²) in [4.78, 5) is 37.1. The fraction of sp³-hybridized carbons (Fsp3) is 0.444. The number of aromatic nitrogens is 4. The highest BCUT2D eigenvalue weighted by atomic mass is 16.2. The molecule has 7 heteroatoms. The number of nitrogens with one attached hydrogen (secondary N) is 1. The summed E-state index contributed by atoms with van der Waals surface area (Å²) in [6, 6.07) is 3.47. The molecule has 3 N–H and O–H groups in total. The molecule has 0 amide bonds.